The minimum Gasteiger partial charge on any atom is -0.0819 e. The van der Waals surface area contributed by atoms with Crippen LogP contribution in [0, 0.1) is 0 Å². The first kappa shape index (κ1) is 10.5. The van der Waals surface area contributed by atoms with Crippen LogP contribution in [-0.2, 0) is 25.7 Å². The molecule has 0 atom stereocenters. The van der Waals surface area contributed by atoms with E-state index in [2.05, 4.69) is 48.6 Å². The second kappa shape index (κ2) is 4.21. The molecule has 14 heavy (non-hydrogen) atoms. The molecular weight excluding hydrogens is 283 g/mol. The minimum atomic E-state index is 0.833. The molecule has 0 aromatic heterocycles. The van der Waals surface area contributed by atoms with Crippen LogP contribution in [0.3, 0.4) is 0 Å². The van der Waals surface area contributed by atoms with Crippen LogP contribution in [0.1, 0.15) is 36.1 Å². The number of benzene rings is 1. The van der Waals surface area contributed by atoms with Gasteiger partial charge in [-0.1, -0.05) is 48.6 Å². The maximum absolute atomic E-state index is 2.57. The average molecular weight is 300 g/mol. The maximum atomic E-state index is 2.57. The molecule has 1 heteroatoms. The summed E-state index contributed by atoms with van der Waals surface area (Å²) in [5.41, 5.74) is 6.35. The van der Waals surface area contributed by atoms with E-state index in [9.17, 15) is 0 Å². The molecule has 76 valence electrons. The summed E-state index contributed by atoms with van der Waals surface area (Å²) in [6.45, 7) is 4.52. The van der Waals surface area contributed by atoms with Crippen LogP contribution < -0.4 is 0 Å². The van der Waals surface area contributed by atoms with E-state index in [1.165, 1.54) is 25.7 Å². The number of alkyl halides is 1. The largest absolute Gasteiger partial charge is 0.0819 e. The Kier molecular flexibility index (Phi) is 3.15. The van der Waals surface area contributed by atoms with Gasteiger partial charge in [0.05, 0.1) is 0 Å². The molecule has 0 bridgehead atoms. The third-order valence-electron chi connectivity index (χ3n) is 3.17. The first-order valence-electron chi connectivity index (χ1n) is 5.52. The van der Waals surface area contributed by atoms with E-state index in [0.717, 1.165) is 3.92 Å². The molecule has 0 saturated carbocycles. The zero-order valence-corrected chi connectivity index (χ0v) is 11.1. The lowest BCUT2D eigenvalue weighted by Gasteiger charge is -2.09. The first-order valence-corrected chi connectivity index (χ1v) is 6.76. The van der Waals surface area contributed by atoms with Crippen LogP contribution in [0.5, 0.6) is 0 Å². The number of fused-ring (bicyclic) bond motifs is 1. The van der Waals surface area contributed by atoms with Gasteiger partial charge >= 0.3 is 0 Å². The Bertz CT molecular complexity index is 308. The first-order chi connectivity index (χ1) is 6.74. The van der Waals surface area contributed by atoms with E-state index in [1.807, 2.05) is 0 Å². The highest BCUT2D eigenvalue weighted by atomic mass is 127. The molecule has 0 nitrogen and oxygen atoms in total. The third-order valence-corrected chi connectivity index (χ3v) is 4.05. The second-order valence-electron chi connectivity index (χ2n) is 4.10. The van der Waals surface area contributed by atoms with Crippen molar-refractivity contribution in [1.82, 2.24) is 0 Å². The van der Waals surface area contributed by atoms with Gasteiger partial charge < -0.3 is 0 Å². The fourth-order valence-electron chi connectivity index (χ4n) is 2.38. The molecule has 1 aromatic rings. The van der Waals surface area contributed by atoms with E-state index < -0.39 is 0 Å². The lowest BCUT2D eigenvalue weighted by Crippen LogP contribution is -1.94. The summed E-state index contributed by atoms with van der Waals surface area (Å²) in [6.07, 6.45) is 4.94. The fraction of sp³-hybridized carbons (Fsp3) is 0.538. The summed E-state index contributed by atoms with van der Waals surface area (Å²) in [4.78, 5) is 0. The van der Waals surface area contributed by atoms with Crippen molar-refractivity contribution in [3.05, 3.63) is 34.4 Å². The molecule has 0 spiro atoms. The molecule has 0 unspecified atom stereocenters. The van der Waals surface area contributed by atoms with Gasteiger partial charge in [0.1, 0.15) is 0 Å². The van der Waals surface area contributed by atoms with E-state index in [0.29, 0.717) is 0 Å². The SMILES string of the molecule is CCc1cc2c(cc1CC)CC(I)C2. The third kappa shape index (κ3) is 1.83. The Morgan fingerprint density at radius 1 is 1.07 bits per heavy atom. The Morgan fingerprint density at radius 3 is 1.86 bits per heavy atom. The molecule has 0 fully saturated rings. The minimum absolute atomic E-state index is 0.833. The zero-order chi connectivity index (χ0) is 10.1. The van der Waals surface area contributed by atoms with Gasteiger partial charge in [0.15, 0.2) is 0 Å². The Labute approximate surface area is 100 Å². The van der Waals surface area contributed by atoms with E-state index >= 15 is 0 Å². The van der Waals surface area contributed by atoms with Crippen molar-refractivity contribution >= 4 is 22.6 Å². The molecule has 0 radical (unpaired) electrons. The Hall–Kier alpha value is -0.0500. The highest BCUT2D eigenvalue weighted by molar-refractivity contribution is 14.1. The van der Waals surface area contributed by atoms with Crippen molar-refractivity contribution in [2.75, 3.05) is 0 Å². The van der Waals surface area contributed by atoms with Gasteiger partial charge in [-0.15, -0.1) is 0 Å². The Balaban J connectivity index is 2.43. The van der Waals surface area contributed by atoms with Crippen LogP contribution in [-0.4, -0.2) is 3.92 Å². The molecule has 1 aliphatic rings. The van der Waals surface area contributed by atoms with Crippen LogP contribution in [0.4, 0.5) is 0 Å². The van der Waals surface area contributed by atoms with Gasteiger partial charge in [0, 0.05) is 3.92 Å². The summed E-state index contributed by atoms with van der Waals surface area (Å²) in [5, 5.41) is 0. The van der Waals surface area contributed by atoms with Crippen LogP contribution in [0.2, 0.25) is 0 Å². The van der Waals surface area contributed by atoms with Crippen LogP contribution in [0.15, 0.2) is 12.1 Å². The maximum Gasteiger partial charge on any atom is 0.0191 e. The average Bonchev–Trinajstić information content (AvgIpc) is 2.54. The predicted octanol–water partition coefficient (Wildman–Crippen LogP) is 3.71. The van der Waals surface area contributed by atoms with E-state index in [1.54, 1.807) is 22.3 Å². The second-order valence-corrected chi connectivity index (χ2v) is 5.86. The van der Waals surface area contributed by atoms with Gasteiger partial charge in [-0.05, 0) is 47.9 Å². The summed E-state index contributed by atoms with van der Waals surface area (Å²) >= 11 is 2.57. The summed E-state index contributed by atoms with van der Waals surface area (Å²) in [5.74, 6) is 0. The van der Waals surface area contributed by atoms with Crippen molar-refractivity contribution in [1.29, 1.82) is 0 Å². The topological polar surface area (TPSA) is 0 Å². The molecule has 0 aliphatic heterocycles. The number of hydrogen-bond acceptors (Lipinski definition) is 0. The number of rotatable bonds is 2. The summed E-state index contributed by atoms with van der Waals surface area (Å²) in [6, 6.07) is 4.90. The van der Waals surface area contributed by atoms with Crippen LogP contribution in [0.25, 0.3) is 0 Å². The standard InChI is InChI=1S/C13H17I/c1-3-9-5-11-7-13(14)8-12(11)6-10(9)4-2/h5-6,13H,3-4,7-8H2,1-2H3. The van der Waals surface area contributed by atoms with Crippen molar-refractivity contribution in [3.63, 3.8) is 0 Å². The van der Waals surface area contributed by atoms with Gasteiger partial charge in [0.25, 0.3) is 0 Å². The molecule has 0 amide bonds. The molecule has 0 heterocycles. The monoisotopic (exact) mass is 300 g/mol. The number of aryl methyl sites for hydroxylation is 2. The highest BCUT2D eigenvalue weighted by Crippen LogP contribution is 2.30. The molecule has 2 rings (SSSR count). The van der Waals surface area contributed by atoms with Crippen molar-refractivity contribution in [2.45, 2.75) is 43.5 Å². The number of halogens is 1. The van der Waals surface area contributed by atoms with Gasteiger partial charge in [-0.2, -0.15) is 0 Å². The van der Waals surface area contributed by atoms with Crippen molar-refractivity contribution in [2.24, 2.45) is 0 Å². The molecule has 0 saturated heterocycles. The number of hydrogen-bond donors (Lipinski definition) is 0. The highest BCUT2D eigenvalue weighted by Gasteiger charge is 2.19. The summed E-state index contributed by atoms with van der Waals surface area (Å²) in [7, 11) is 0. The van der Waals surface area contributed by atoms with E-state index in [-0.39, 0.29) is 0 Å². The van der Waals surface area contributed by atoms with Gasteiger partial charge in [0.2, 0.25) is 0 Å². The summed E-state index contributed by atoms with van der Waals surface area (Å²) < 4.78 is 0.833. The van der Waals surface area contributed by atoms with Gasteiger partial charge in [-0.3, -0.25) is 0 Å². The van der Waals surface area contributed by atoms with Crippen molar-refractivity contribution in [3.8, 4) is 0 Å². The Morgan fingerprint density at radius 2 is 1.50 bits per heavy atom. The van der Waals surface area contributed by atoms with Gasteiger partial charge in [-0.25, -0.2) is 0 Å². The van der Waals surface area contributed by atoms with E-state index in [4.69, 9.17) is 0 Å². The zero-order valence-electron chi connectivity index (χ0n) is 8.94. The van der Waals surface area contributed by atoms with Crippen LogP contribution >= 0.6 is 22.6 Å². The van der Waals surface area contributed by atoms with Crippen molar-refractivity contribution < 1.29 is 0 Å². The molecule has 0 N–H and O–H groups in total. The predicted molar refractivity (Wildman–Crippen MR) is 70.4 cm³/mol. The lowest BCUT2D eigenvalue weighted by molar-refractivity contribution is 0.971. The quantitative estimate of drug-likeness (QED) is 0.577. The fourth-order valence-corrected chi connectivity index (χ4v) is 3.33. The molecule has 1 aliphatic carbocycles. The smallest absolute Gasteiger partial charge is 0.0191 e. The molecule has 1 aromatic carbocycles. The normalized spacial score (nSPS) is 15.9. The lowest BCUT2D eigenvalue weighted by atomic mass is 9.97. The molecular formula is C13H17I.